The third-order valence-electron chi connectivity index (χ3n) is 12.5. The standard InChI is InChI=1S/C61H58N4O/c1-40-34-57(62-38-50(40)42-18-12-11-13-19-42)65-53-25-15-14-22-48(53)49-32-31-47(37-55(49)65)66-46-21-16-20-45(36-46)63-39-64(58-51(60(5,6)7)23-17-24-52(58)61(8,9)10)54-33-28-43(35-56(54)63)41-26-29-44(30-27-41)59(2,3)4/h11-38H,1-10H3/i1D3,11D,12D,13D,18D,19D. The molecule has 0 N–H and O–H groups in total. The molecule has 10 rings (SSSR count). The number of fused-ring (bicyclic) bond motifs is 4. The van der Waals surface area contributed by atoms with Crippen LogP contribution in [0.25, 0.3) is 72.3 Å². The Bertz CT molecular complexity index is 3810. The third kappa shape index (κ3) is 7.76. The Labute approximate surface area is 400 Å². The van der Waals surface area contributed by atoms with Crippen molar-refractivity contribution in [2.45, 2.75) is 85.4 Å². The molecule has 5 nitrogen and oxygen atoms in total. The number of hydrogen-bond donors (Lipinski definition) is 0. The van der Waals surface area contributed by atoms with Crippen LogP contribution in [0.5, 0.6) is 11.5 Å². The van der Waals surface area contributed by atoms with Crippen LogP contribution in [-0.2, 0) is 16.2 Å². The van der Waals surface area contributed by atoms with E-state index in [1.807, 2.05) is 65.2 Å². The van der Waals surface area contributed by atoms with Gasteiger partial charge in [0.05, 0.1) is 40.3 Å². The van der Waals surface area contributed by atoms with Gasteiger partial charge in [-0.1, -0.05) is 171 Å². The molecule has 0 aliphatic heterocycles. The van der Waals surface area contributed by atoms with E-state index in [4.69, 9.17) is 20.7 Å². The molecule has 0 atom stereocenters. The van der Waals surface area contributed by atoms with E-state index in [9.17, 15) is 0 Å². The molecule has 0 saturated heterocycles. The lowest BCUT2D eigenvalue weighted by Crippen LogP contribution is -2.37. The van der Waals surface area contributed by atoms with Crippen LogP contribution in [-0.4, -0.2) is 14.1 Å². The van der Waals surface area contributed by atoms with Crippen LogP contribution in [0.2, 0.25) is 0 Å². The number of ether oxygens (including phenoxy) is 1. The van der Waals surface area contributed by atoms with Crippen LogP contribution < -0.4 is 9.30 Å². The minimum atomic E-state index is -2.74. The molecule has 5 heteroatoms. The van der Waals surface area contributed by atoms with Gasteiger partial charge in [-0.05, 0) is 111 Å². The summed E-state index contributed by atoms with van der Waals surface area (Å²) in [7, 11) is 0. The van der Waals surface area contributed by atoms with Gasteiger partial charge in [0.2, 0.25) is 0 Å². The van der Waals surface area contributed by atoms with Gasteiger partial charge in [0.15, 0.2) is 0 Å². The highest BCUT2D eigenvalue weighted by Crippen LogP contribution is 2.39. The molecule has 0 saturated carbocycles. The Hall–Kier alpha value is -7.24. The van der Waals surface area contributed by atoms with Crippen molar-refractivity contribution in [3.8, 4) is 50.9 Å². The Morgan fingerprint density at radius 3 is 1.98 bits per heavy atom. The summed E-state index contributed by atoms with van der Waals surface area (Å²) in [5, 5.41) is 1.78. The average Bonchev–Trinajstić information content (AvgIpc) is 3.91. The fourth-order valence-electron chi connectivity index (χ4n) is 9.04. The maximum atomic E-state index is 8.64. The SMILES string of the molecule is [2H]c1c([2H])c([2H])c(-c2cnc(-n3c4ccccc4c4ccc(Oc5cccc(-n6[c-][n+](-c7c(C(C)(C)C)cccc7C(C)(C)C)c7ccc(-c8ccc(C(C)(C)C)cc8)cc76)c5)cc43)cc2C([2H])([2H])[2H])c([2H])c1[2H]. The van der Waals surface area contributed by atoms with E-state index in [0.29, 0.717) is 17.0 Å². The van der Waals surface area contributed by atoms with E-state index in [0.717, 1.165) is 49.8 Å². The lowest BCUT2D eigenvalue weighted by atomic mass is 9.78. The van der Waals surface area contributed by atoms with E-state index in [1.165, 1.54) is 29.0 Å². The largest absolute Gasteiger partial charge is 0.458 e. The van der Waals surface area contributed by atoms with Gasteiger partial charge >= 0.3 is 0 Å². The average molecular weight is 871 g/mol. The summed E-state index contributed by atoms with van der Waals surface area (Å²) in [4.78, 5) is 4.75. The highest BCUT2D eigenvalue weighted by atomic mass is 16.5. The number of hydrogen-bond acceptors (Lipinski definition) is 2. The normalized spacial score (nSPS) is 14.3. The summed E-state index contributed by atoms with van der Waals surface area (Å²) < 4.78 is 80.7. The van der Waals surface area contributed by atoms with Crippen molar-refractivity contribution in [1.29, 1.82) is 0 Å². The number of nitrogens with zero attached hydrogens (tertiary/aromatic N) is 4. The number of aryl methyl sites for hydroxylation is 1. The van der Waals surface area contributed by atoms with Crippen molar-refractivity contribution in [3.63, 3.8) is 0 Å². The highest BCUT2D eigenvalue weighted by molar-refractivity contribution is 6.09. The van der Waals surface area contributed by atoms with Crippen molar-refractivity contribution in [2.24, 2.45) is 0 Å². The van der Waals surface area contributed by atoms with Gasteiger partial charge in [-0.15, -0.1) is 0 Å². The van der Waals surface area contributed by atoms with E-state index >= 15 is 0 Å². The van der Waals surface area contributed by atoms with E-state index in [-0.39, 0.29) is 38.8 Å². The number of rotatable bonds is 7. The number of para-hydroxylation sites is 2. The van der Waals surface area contributed by atoms with E-state index < -0.39 is 37.1 Å². The second-order valence-corrected chi connectivity index (χ2v) is 20.2. The predicted molar refractivity (Wildman–Crippen MR) is 274 cm³/mol. The van der Waals surface area contributed by atoms with Gasteiger partial charge in [-0.3, -0.25) is 13.7 Å². The molecule has 3 heterocycles. The fourth-order valence-corrected chi connectivity index (χ4v) is 9.04. The zero-order chi connectivity index (χ0) is 53.0. The number of pyridine rings is 1. The van der Waals surface area contributed by atoms with Gasteiger partial charge in [0, 0.05) is 32.7 Å². The first-order valence-electron chi connectivity index (χ1n) is 26.5. The summed E-state index contributed by atoms with van der Waals surface area (Å²) in [5.41, 5.74) is 10.5. The summed E-state index contributed by atoms with van der Waals surface area (Å²) >= 11 is 0. The molecule has 0 aliphatic carbocycles. The molecule has 66 heavy (non-hydrogen) atoms. The molecule has 10 aromatic rings. The quantitative estimate of drug-likeness (QED) is 0.118. The van der Waals surface area contributed by atoms with Crippen LogP contribution in [0, 0.1) is 13.2 Å². The van der Waals surface area contributed by atoms with Crippen molar-refractivity contribution < 1.29 is 20.3 Å². The molecule has 328 valence electrons. The van der Waals surface area contributed by atoms with E-state index in [1.54, 1.807) is 0 Å². The van der Waals surface area contributed by atoms with Crippen molar-refractivity contribution in [3.05, 3.63) is 198 Å². The van der Waals surface area contributed by atoms with Gasteiger partial charge in [0.1, 0.15) is 17.3 Å². The zero-order valence-electron chi connectivity index (χ0n) is 47.0. The molecule has 0 amide bonds. The lowest BCUT2D eigenvalue weighted by Gasteiger charge is -2.30. The molecule has 0 radical (unpaired) electrons. The zero-order valence-corrected chi connectivity index (χ0v) is 39.0. The van der Waals surface area contributed by atoms with Crippen molar-refractivity contribution >= 4 is 32.8 Å². The third-order valence-corrected chi connectivity index (χ3v) is 12.5. The van der Waals surface area contributed by atoms with Crippen molar-refractivity contribution in [1.82, 2.24) is 14.1 Å². The van der Waals surface area contributed by atoms with Crippen LogP contribution in [0.3, 0.4) is 0 Å². The highest BCUT2D eigenvalue weighted by Gasteiger charge is 2.28. The Morgan fingerprint density at radius 2 is 1.27 bits per heavy atom. The maximum Gasteiger partial charge on any atom is 0.269 e. The molecule has 0 spiro atoms. The Morgan fingerprint density at radius 1 is 0.591 bits per heavy atom. The lowest BCUT2D eigenvalue weighted by molar-refractivity contribution is -0.574. The molecule has 0 aliphatic rings. The van der Waals surface area contributed by atoms with Crippen LogP contribution in [0.4, 0.5) is 0 Å². The number of benzene rings is 7. The topological polar surface area (TPSA) is 35.9 Å². The van der Waals surface area contributed by atoms with Gasteiger partial charge in [-0.2, -0.15) is 0 Å². The first kappa shape index (κ1) is 34.2. The van der Waals surface area contributed by atoms with Gasteiger partial charge in [0.25, 0.3) is 6.33 Å². The molecule has 7 aromatic carbocycles. The van der Waals surface area contributed by atoms with Crippen LogP contribution in [0.1, 0.15) is 95.5 Å². The molecule has 0 bridgehead atoms. The van der Waals surface area contributed by atoms with Gasteiger partial charge < -0.3 is 4.74 Å². The second-order valence-electron chi connectivity index (χ2n) is 20.2. The summed E-state index contributed by atoms with van der Waals surface area (Å²) in [6.45, 7) is 17.5. The Kier molecular flexibility index (Phi) is 8.29. The first-order chi connectivity index (χ1) is 34.8. The second kappa shape index (κ2) is 16.0. The smallest absolute Gasteiger partial charge is 0.269 e. The van der Waals surface area contributed by atoms with E-state index in [2.05, 4.69) is 145 Å². The molecule has 3 aromatic heterocycles. The summed E-state index contributed by atoms with van der Waals surface area (Å²) in [5.74, 6) is 1.38. The number of imidazole rings is 1. The summed E-state index contributed by atoms with van der Waals surface area (Å²) in [6.07, 6.45) is 5.13. The van der Waals surface area contributed by atoms with Gasteiger partial charge in [-0.25, -0.2) is 4.98 Å². The molecule has 0 fully saturated rings. The molecular formula is C61H58N4O. The first-order valence-corrected chi connectivity index (χ1v) is 22.5. The molecular weight excluding hydrogens is 805 g/mol. The molecule has 0 unspecified atom stereocenters. The Balaban J connectivity index is 1.11. The minimum Gasteiger partial charge on any atom is -0.458 e. The van der Waals surface area contributed by atoms with Crippen LogP contribution in [0.15, 0.2) is 170 Å². The van der Waals surface area contributed by atoms with Crippen LogP contribution >= 0.6 is 0 Å². The monoisotopic (exact) mass is 871 g/mol. The van der Waals surface area contributed by atoms with Crippen molar-refractivity contribution in [2.75, 3.05) is 0 Å². The fraction of sp³-hybridized carbons (Fsp3) is 0.213. The predicted octanol–water partition coefficient (Wildman–Crippen LogP) is 15.5. The minimum absolute atomic E-state index is 0.0258. The maximum absolute atomic E-state index is 8.64. The summed E-state index contributed by atoms with van der Waals surface area (Å²) in [6, 6.07) is 42.3. The number of aromatic nitrogens is 4.